The van der Waals surface area contributed by atoms with E-state index in [1.54, 1.807) is 0 Å². The second-order valence-electron chi connectivity index (χ2n) is 2.36. The Kier molecular flexibility index (Phi) is 2.52. The summed E-state index contributed by atoms with van der Waals surface area (Å²) in [7, 11) is 2.13. The number of nitrogens with zero attached hydrogens (tertiary/aromatic N) is 1. The Morgan fingerprint density at radius 1 is 1.75 bits per heavy atom. The number of rotatable bonds is 2. The number of hydrogen-bond donors (Lipinski definition) is 0. The molecule has 0 aromatic rings. The van der Waals surface area contributed by atoms with E-state index in [4.69, 9.17) is 3.07 Å². The zero-order valence-electron chi connectivity index (χ0n) is 4.93. The van der Waals surface area contributed by atoms with Gasteiger partial charge in [0, 0.05) is 19.0 Å². The largest absolute Gasteiger partial charge is 0.315 e. The molecule has 0 aromatic heterocycles. The van der Waals surface area contributed by atoms with Crippen LogP contribution < -0.4 is 0 Å². The van der Waals surface area contributed by atoms with Crippen molar-refractivity contribution in [1.29, 1.82) is 0 Å². The van der Waals surface area contributed by atoms with Crippen LogP contribution in [0, 0.1) is 5.92 Å². The molecule has 0 saturated carbocycles. The van der Waals surface area contributed by atoms with E-state index in [2.05, 4.69) is 11.9 Å². The van der Waals surface area contributed by atoms with Crippen molar-refractivity contribution in [3.05, 3.63) is 0 Å². The lowest BCUT2D eigenvalue weighted by Gasteiger charge is -2.35. The monoisotopic (exact) mass is 227 g/mol. The minimum atomic E-state index is 0.803. The molecule has 0 bridgehead atoms. The van der Waals surface area contributed by atoms with Gasteiger partial charge in [-0.25, -0.2) is 0 Å². The molecule has 1 saturated heterocycles. The maximum Gasteiger partial charge on any atom is 0.109 e. The Labute approximate surface area is 63.9 Å². The molecule has 0 amide bonds. The zero-order chi connectivity index (χ0) is 5.98. The van der Waals surface area contributed by atoms with Gasteiger partial charge in [-0.2, -0.15) is 0 Å². The van der Waals surface area contributed by atoms with Gasteiger partial charge in [0.25, 0.3) is 0 Å². The maximum atomic E-state index is 4.94. The highest BCUT2D eigenvalue weighted by atomic mass is 127. The van der Waals surface area contributed by atoms with Crippen LogP contribution in [0.1, 0.15) is 0 Å². The molecule has 0 radical (unpaired) electrons. The van der Waals surface area contributed by atoms with Gasteiger partial charge in [0.1, 0.15) is 23.0 Å². The second-order valence-corrected chi connectivity index (χ2v) is 2.99. The summed E-state index contributed by atoms with van der Waals surface area (Å²) in [4.78, 5) is 2.29. The second kappa shape index (κ2) is 2.98. The van der Waals surface area contributed by atoms with E-state index in [1.165, 1.54) is 13.1 Å². The zero-order valence-corrected chi connectivity index (χ0v) is 7.09. The molecule has 1 aliphatic heterocycles. The van der Waals surface area contributed by atoms with Gasteiger partial charge in [-0.05, 0) is 7.05 Å². The van der Waals surface area contributed by atoms with E-state index in [1.807, 2.05) is 23.0 Å². The molecule has 8 heavy (non-hydrogen) atoms. The van der Waals surface area contributed by atoms with Crippen LogP contribution in [0.4, 0.5) is 0 Å². The number of halogens is 1. The van der Waals surface area contributed by atoms with Gasteiger partial charge in [-0.15, -0.1) is 0 Å². The SMILES string of the molecule is CN1CC(COI)C1. The molecule has 1 heterocycles. The minimum Gasteiger partial charge on any atom is -0.315 e. The molecule has 0 aliphatic carbocycles. The van der Waals surface area contributed by atoms with Crippen LogP contribution in [0.5, 0.6) is 0 Å². The molecule has 48 valence electrons. The van der Waals surface area contributed by atoms with Crippen LogP contribution in [0.2, 0.25) is 0 Å². The highest BCUT2D eigenvalue weighted by molar-refractivity contribution is 14.1. The Hall–Kier alpha value is 0.650. The molecule has 1 rings (SSSR count). The first kappa shape index (κ1) is 6.77. The van der Waals surface area contributed by atoms with Crippen LogP contribution in [0.25, 0.3) is 0 Å². The van der Waals surface area contributed by atoms with E-state index < -0.39 is 0 Å². The van der Waals surface area contributed by atoms with Gasteiger partial charge in [0.15, 0.2) is 0 Å². The minimum absolute atomic E-state index is 0.803. The van der Waals surface area contributed by atoms with Crippen molar-refractivity contribution in [3.63, 3.8) is 0 Å². The van der Waals surface area contributed by atoms with Crippen LogP contribution >= 0.6 is 23.0 Å². The number of hydrogen-bond acceptors (Lipinski definition) is 2. The highest BCUT2D eigenvalue weighted by Crippen LogP contribution is 2.13. The normalized spacial score (nSPS) is 23.2. The molecular formula is C5H10INO. The van der Waals surface area contributed by atoms with Gasteiger partial charge in [-0.1, -0.05) is 0 Å². The third-order valence-electron chi connectivity index (χ3n) is 1.44. The average Bonchev–Trinajstić information content (AvgIpc) is 1.64. The van der Waals surface area contributed by atoms with Crippen molar-refractivity contribution >= 4 is 23.0 Å². The van der Waals surface area contributed by atoms with Crippen molar-refractivity contribution < 1.29 is 3.07 Å². The third-order valence-corrected chi connectivity index (χ3v) is 1.80. The molecule has 0 spiro atoms. The van der Waals surface area contributed by atoms with E-state index in [0.717, 1.165) is 12.5 Å². The lowest BCUT2D eigenvalue weighted by molar-refractivity contribution is 0.102. The summed E-state index contributed by atoms with van der Waals surface area (Å²) in [5, 5.41) is 0. The van der Waals surface area contributed by atoms with Crippen LogP contribution in [0.3, 0.4) is 0 Å². The van der Waals surface area contributed by atoms with Crippen LogP contribution in [-0.2, 0) is 3.07 Å². The topological polar surface area (TPSA) is 12.5 Å². The molecule has 1 fully saturated rings. The summed E-state index contributed by atoms with van der Waals surface area (Å²) >= 11 is 1.95. The Bertz CT molecular complexity index is 70.1. The highest BCUT2D eigenvalue weighted by Gasteiger charge is 2.22. The molecule has 3 heteroatoms. The Balaban J connectivity index is 1.98. The van der Waals surface area contributed by atoms with Crippen molar-refractivity contribution in [2.24, 2.45) is 5.92 Å². The van der Waals surface area contributed by atoms with Gasteiger partial charge in [0.05, 0.1) is 6.61 Å². The summed E-state index contributed by atoms with van der Waals surface area (Å²) in [6, 6.07) is 0. The lowest BCUT2D eigenvalue weighted by Crippen LogP contribution is -2.45. The first-order valence-electron chi connectivity index (χ1n) is 2.75. The first-order valence-corrected chi connectivity index (χ1v) is 3.63. The predicted octanol–water partition coefficient (Wildman–Crippen LogP) is 0.915. The van der Waals surface area contributed by atoms with Crippen molar-refractivity contribution in [3.8, 4) is 0 Å². The van der Waals surface area contributed by atoms with Gasteiger partial charge < -0.3 is 7.97 Å². The van der Waals surface area contributed by atoms with Crippen molar-refractivity contribution in [2.75, 3.05) is 26.7 Å². The molecule has 0 N–H and O–H groups in total. The maximum absolute atomic E-state index is 4.94. The van der Waals surface area contributed by atoms with Gasteiger partial charge in [-0.3, -0.25) is 0 Å². The van der Waals surface area contributed by atoms with E-state index >= 15 is 0 Å². The van der Waals surface area contributed by atoms with E-state index in [-0.39, 0.29) is 0 Å². The third kappa shape index (κ3) is 1.56. The Morgan fingerprint density at radius 3 is 2.75 bits per heavy atom. The lowest BCUT2D eigenvalue weighted by atomic mass is 10.0. The number of likely N-dealkylation sites (tertiary alicyclic amines) is 1. The standard InChI is InChI=1S/C5H10INO/c1-7-2-5(3-7)4-8-6/h5H,2-4H2,1H3. The summed E-state index contributed by atoms with van der Waals surface area (Å²) in [5.74, 6) is 0.803. The summed E-state index contributed by atoms with van der Waals surface area (Å²) in [6.07, 6.45) is 0. The van der Waals surface area contributed by atoms with Gasteiger partial charge >= 0.3 is 0 Å². The fourth-order valence-electron chi connectivity index (χ4n) is 1.02. The Morgan fingerprint density at radius 2 is 2.38 bits per heavy atom. The molecule has 0 aromatic carbocycles. The van der Waals surface area contributed by atoms with Gasteiger partial charge in [0.2, 0.25) is 0 Å². The fourth-order valence-corrected chi connectivity index (χ4v) is 1.53. The van der Waals surface area contributed by atoms with E-state index in [0.29, 0.717) is 0 Å². The summed E-state index contributed by atoms with van der Waals surface area (Å²) in [6.45, 7) is 3.34. The fraction of sp³-hybridized carbons (Fsp3) is 1.00. The predicted molar refractivity (Wildman–Crippen MR) is 41.0 cm³/mol. The van der Waals surface area contributed by atoms with E-state index in [9.17, 15) is 0 Å². The summed E-state index contributed by atoms with van der Waals surface area (Å²) < 4.78 is 4.94. The molecular weight excluding hydrogens is 217 g/mol. The molecule has 2 nitrogen and oxygen atoms in total. The molecule has 0 atom stereocenters. The average molecular weight is 227 g/mol. The van der Waals surface area contributed by atoms with Crippen molar-refractivity contribution in [1.82, 2.24) is 4.90 Å². The van der Waals surface area contributed by atoms with Crippen LogP contribution in [-0.4, -0.2) is 31.6 Å². The first-order chi connectivity index (χ1) is 3.83. The molecule has 1 aliphatic rings. The van der Waals surface area contributed by atoms with Crippen molar-refractivity contribution in [2.45, 2.75) is 0 Å². The smallest absolute Gasteiger partial charge is 0.109 e. The quantitative estimate of drug-likeness (QED) is 0.650. The summed E-state index contributed by atoms with van der Waals surface area (Å²) in [5.41, 5.74) is 0. The van der Waals surface area contributed by atoms with Crippen LogP contribution in [0.15, 0.2) is 0 Å². The molecule has 0 unspecified atom stereocenters.